The molecule has 0 bridgehead atoms. The third-order valence-corrected chi connectivity index (χ3v) is 4.62. The normalized spacial score (nSPS) is 26.0. The van der Waals surface area contributed by atoms with Gasteiger partial charge in [-0.3, -0.25) is 14.4 Å². The first-order valence-corrected chi connectivity index (χ1v) is 8.07. The van der Waals surface area contributed by atoms with Crippen LogP contribution >= 0.6 is 0 Å². The number of nitrogens with one attached hydrogen (secondary N) is 1. The van der Waals surface area contributed by atoms with E-state index in [0.29, 0.717) is 13.0 Å². The van der Waals surface area contributed by atoms with E-state index in [1.807, 2.05) is 0 Å². The average molecular weight is 350 g/mol. The van der Waals surface area contributed by atoms with Crippen molar-refractivity contribution in [1.29, 1.82) is 0 Å². The predicted molar refractivity (Wildman–Crippen MR) is 85.4 cm³/mol. The van der Waals surface area contributed by atoms with Gasteiger partial charge in [-0.1, -0.05) is 12.1 Å². The molecular weight excluding hydrogens is 331 g/mol. The fourth-order valence-corrected chi connectivity index (χ4v) is 3.33. The lowest BCUT2D eigenvalue weighted by Gasteiger charge is -2.28. The number of carboxylic acids is 1. The number of carbonyl (C=O) groups is 3. The largest absolute Gasteiger partial charge is 0.481 e. The number of hydrogen-bond donors (Lipinski definition) is 2. The third kappa shape index (κ3) is 3.63. The first-order valence-electron chi connectivity index (χ1n) is 8.07. The number of hydrogen-bond acceptors (Lipinski definition) is 4. The first-order chi connectivity index (χ1) is 11.9. The molecule has 25 heavy (non-hydrogen) atoms. The van der Waals surface area contributed by atoms with Gasteiger partial charge in [-0.2, -0.15) is 0 Å². The van der Waals surface area contributed by atoms with Gasteiger partial charge in [0.15, 0.2) is 0 Å². The molecule has 2 aliphatic heterocycles. The molecule has 2 N–H and O–H groups in total. The third-order valence-electron chi connectivity index (χ3n) is 4.62. The number of benzene rings is 1. The number of aliphatic carboxylic acids is 1. The molecule has 0 saturated carbocycles. The lowest BCUT2D eigenvalue weighted by atomic mass is 9.93. The van der Waals surface area contributed by atoms with E-state index in [2.05, 4.69) is 5.32 Å². The molecule has 0 spiro atoms. The van der Waals surface area contributed by atoms with Gasteiger partial charge >= 0.3 is 5.97 Å². The molecule has 7 nitrogen and oxygen atoms in total. The van der Waals surface area contributed by atoms with Crippen LogP contribution in [0.1, 0.15) is 19.3 Å². The Morgan fingerprint density at radius 3 is 2.80 bits per heavy atom. The van der Waals surface area contributed by atoms with Crippen LogP contribution in [0.4, 0.5) is 10.1 Å². The van der Waals surface area contributed by atoms with Crippen LogP contribution in [0, 0.1) is 11.7 Å². The zero-order valence-corrected chi connectivity index (χ0v) is 13.5. The van der Waals surface area contributed by atoms with E-state index < -0.39 is 29.2 Å². The number of halogens is 1. The summed E-state index contributed by atoms with van der Waals surface area (Å²) in [5.41, 5.74) is -0.801. The molecule has 2 aliphatic rings. The zero-order valence-electron chi connectivity index (χ0n) is 13.5. The summed E-state index contributed by atoms with van der Waals surface area (Å²) in [5.74, 6) is -2.94. The molecule has 0 aliphatic carbocycles. The lowest BCUT2D eigenvalue weighted by Crippen LogP contribution is -2.52. The summed E-state index contributed by atoms with van der Waals surface area (Å²) in [6.45, 7) is 0.566. The van der Waals surface area contributed by atoms with Crippen LogP contribution in [-0.4, -0.2) is 48.2 Å². The molecule has 8 heteroatoms. The Balaban J connectivity index is 1.70. The zero-order chi connectivity index (χ0) is 18.0. The van der Waals surface area contributed by atoms with E-state index >= 15 is 0 Å². The van der Waals surface area contributed by atoms with E-state index in [1.165, 1.54) is 23.1 Å². The minimum Gasteiger partial charge on any atom is -0.481 e. The van der Waals surface area contributed by atoms with E-state index in [-0.39, 0.29) is 37.6 Å². The summed E-state index contributed by atoms with van der Waals surface area (Å²) >= 11 is 0. The number of carboxylic acid groups (broad SMARTS) is 1. The van der Waals surface area contributed by atoms with Gasteiger partial charge in [0.2, 0.25) is 11.8 Å². The van der Waals surface area contributed by atoms with Gasteiger partial charge in [-0.15, -0.1) is 0 Å². The number of carbonyl (C=O) groups excluding carboxylic acids is 2. The number of rotatable bonds is 5. The Kier molecular flexibility index (Phi) is 4.71. The molecule has 2 fully saturated rings. The fraction of sp³-hybridized carbons (Fsp3) is 0.471. The van der Waals surface area contributed by atoms with Crippen molar-refractivity contribution in [2.75, 3.05) is 24.7 Å². The Morgan fingerprint density at radius 2 is 2.16 bits per heavy atom. The monoisotopic (exact) mass is 350 g/mol. The number of para-hydroxylation sites is 1. The molecule has 1 aromatic rings. The molecule has 2 heterocycles. The minimum atomic E-state index is -1.03. The molecule has 2 saturated heterocycles. The second kappa shape index (κ2) is 6.79. The molecule has 134 valence electrons. The molecule has 2 unspecified atom stereocenters. The van der Waals surface area contributed by atoms with Crippen LogP contribution in [-0.2, 0) is 19.1 Å². The Hall–Kier alpha value is -2.48. The van der Waals surface area contributed by atoms with Crippen LogP contribution in [0.25, 0.3) is 0 Å². The van der Waals surface area contributed by atoms with Gasteiger partial charge < -0.3 is 20.1 Å². The van der Waals surface area contributed by atoms with Gasteiger partial charge in [-0.25, -0.2) is 4.39 Å². The topological polar surface area (TPSA) is 95.9 Å². The molecule has 1 aromatic carbocycles. The first kappa shape index (κ1) is 17.3. The van der Waals surface area contributed by atoms with E-state index in [9.17, 15) is 18.8 Å². The average Bonchev–Trinajstić information content (AvgIpc) is 3.14. The van der Waals surface area contributed by atoms with Crippen molar-refractivity contribution in [3.63, 3.8) is 0 Å². The molecule has 2 atom stereocenters. The molecule has 2 amide bonds. The van der Waals surface area contributed by atoms with E-state index in [1.54, 1.807) is 6.07 Å². The van der Waals surface area contributed by atoms with Gasteiger partial charge in [0, 0.05) is 19.6 Å². The molecule has 3 rings (SSSR count). The number of anilines is 1. The standard InChI is InChI=1S/C17H19FN2O5/c18-12-3-1-2-4-13(12)20-9-11(7-14(20)21)16(24)19-17(8-15(22)23)5-6-25-10-17/h1-4,11H,5-10H2,(H,19,24)(H,22,23). The van der Waals surface area contributed by atoms with Crippen molar-refractivity contribution >= 4 is 23.5 Å². The van der Waals surface area contributed by atoms with Crippen LogP contribution in [0.15, 0.2) is 24.3 Å². The van der Waals surface area contributed by atoms with Gasteiger partial charge in [0.25, 0.3) is 0 Å². The maximum absolute atomic E-state index is 13.9. The van der Waals surface area contributed by atoms with Crippen LogP contribution in [0.3, 0.4) is 0 Å². The lowest BCUT2D eigenvalue weighted by molar-refractivity contribution is -0.139. The molecular formula is C17H19FN2O5. The molecule has 0 radical (unpaired) electrons. The van der Waals surface area contributed by atoms with Crippen molar-refractivity contribution in [3.05, 3.63) is 30.1 Å². The highest BCUT2D eigenvalue weighted by molar-refractivity contribution is 6.00. The minimum absolute atomic E-state index is 0.0375. The summed E-state index contributed by atoms with van der Waals surface area (Å²) in [6, 6.07) is 5.90. The summed E-state index contributed by atoms with van der Waals surface area (Å²) < 4.78 is 19.1. The quantitative estimate of drug-likeness (QED) is 0.824. The number of amides is 2. The highest BCUT2D eigenvalue weighted by atomic mass is 19.1. The van der Waals surface area contributed by atoms with Crippen molar-refractivity contribution in [2.45, 2.75) is 24.8 Å². The number of nitrogens with zero attached hydrogens (tertiary/aromatic N) is 1. The fourth-order valence-electron chi connectivity index (χ4n) is 3.33. The van der Waals surface area contributed by atoms with Crippen molar-refractivity contribution < 1.29 is 28.6 Å². The maximum Gasteiger partial charge on any atom is 0.305 e. The smallest absolute Gasteiger partial charge is 0.305 e. The van der Waals surface area contributed by atoms with Gasteiger partial charge in [0.05, 0.1) is 30.2 Å². The SMILES string of the molecule is O=C(O)CC1(NC(=O)C2CC(=O)N(c3ccccc3F)C2)CCOC1. The second-order valence-corrected chi connectivity index (χ2v) is 6.50. The Bertz CT molecular complexity index is 702. The van der Waals surface area contributed by atoms with Crippen LogP contribution in [0.2, 0.25) is 0 Å². The molecule has 0 aromatic heterocycles. The van der Waals surface area contributed by atoms with E-state index in [0.717, 1.165) is 0 Å². The summed E-state index contributed by atoms with van der Waals surface area (Å²) in [5, 5.41) is 11.8. The van der Waals surface area contributed by atoms with Gasteiger partial charge in [-0.05, 0) is 18.6 Å². The van der Waals surface area contributed by atoms with Crippen molar-refractivity contribution in [2.24, 2.45) is 5.92 Å². The summed E-state index contributed by atoms with van der Waals surface area (Å²) in [7, 11) is 0. The van der Waals surface area contributed by atoms with Gasteiger partial charge in [0.1, 0.15) is 5.82 Å². The highest BCUT2D eigenvalue weighted by Crippen LogP contribution is 2.29. The van der Waals surface area contributed by atoms with Crippen molar-refractivity contribution in [1.82, 2.24) is 5.32 Å². The van der Waals surface area contributed by atoms with Crippen LogP contribution < -0.4 is 10.2 Å². The van der Waals surface area contributed by atoms with E-state index in [4.69, 9.17) is 9.84 Å². The van der Waals surface area contributed by atoms with Crippen molar-refractivity contribution in [3.8, 4) is 0 Å². The second-order valence-electron chi connectivity index (χ2n) is 6.50. The Labute approximate surface area is 143 Å². The predicted octanol–water partition coefficient (Wildman–Crippen LogP) is 0.929. The Morgan fingerprint density at radius 1 is 1.40 bits per heavy atom. The summed E-state index contributed by atoms with van der Waals surface area (Å²) in [6.07, 6.45) is 0.128. The maximum atomic E-state index is 13.9. The highest BCUT2D eigenvalue weighted by Gasteiger charge is 2.42. The summed E-state index contributed by atoms with van der Waals surface area (Å²) in [4.78, 5) is 37.1. The van der Waals surface area contributed by atoms with Crippen LogP contribution in [0.5, 0.6) is 0 Å². The number of ether oxygens (including phenoxy) is 1.